The number of rotatable bonds is 4. The lowest BCUT2D eigenvalue weighted by atomic mass is 10.1. The van der Waals surface area contributed by atoms with Gasteiger partial charge in [0.15, 0.2) is 0 Å². The van der Waals surface area contributed by atoms with E-state index >= 15 is 0 Å². The molecule has 16 heavy (non-hydrogen) atoms. The molecule has 1 heterocycles. The van der Waals surface area contributed by atoms with Crippen molar-refractivity contribution in [3.63, 3.8) is 0 Å². The smallest absolute Gasteiger partial charge is 0.0433 e. The summed E-state index contributed by atoms with van der Waals surface area (Å²) in [5, 5.41) is 8.92. The van der Waals surface area contributed by atoms with Crippen LogP contribution in [0.2, 0.25) is 0 Å². The first kappa shape index (κ1) is 10.3. The molecule has 3 rings (SSSR count). The number of piperidine rings is 1. The number of hydrogen-bond acceptors (Lipinski definition) is 2. The van der Waals surface area contributed by atoms with E-state index in [1.807, 2.05) is 0 Å². The molecule has 0 radical (unpaired) electrons. The van der Waals surface area contributed by atoms with Crippen molar-refractivity contribution in [3.8, 4) is 0 Å². The van der Waals surface area contributed by atoms with Gasteiger partial charge < -0.3 is 5.11 Å². The summed E-state index contributed by atoms with van der Waals surface area (Å²) in [6, 6.07) is 10.7. The maximum absolute atomic E-state index is 8.92. The first-order chi connectivity index (χ1) is 7.88. The summed E-state index contributed by atoms with van der Waals surface area (Å²) in [7, 11) is 0. The van der Waals surface area contributed by atoms with Gasteiger partial charge >= 0.3 is 0 Å². The van der Waals surface area contributed by atoms with Crippen LogP contribution in [0, 0.1) is 17.8 Å². The van der Waals surface area contributed by atoms with Gasteiger partial charge in [0.1, 0.15) is 0 Å². The third kappa shape index (κ3) is 1.87. The molecule has 1 aromatic rings. The number of likely N-dealkylation sites (tertiary alicyclic amines) is 1. The molecule has 0 aromatic heterocycles. The molecular formula is C14H19NO. The van der Waals surface area contributed by atoms with Gasteiger partial charge in [-0.3, -0.25) is 4.90 Å². The van der Waals surface area contributed by atoms with Gasteiger partial charge in [0, 0.05) is 26.2 Å². The van der Waals surface area contributed by atoms with Crippen molar-refractivity contribution in [1.82, 2.24) is 4.90 Å². The van der Waals surface area contributed by atoms with Crippen LogP contribution >= 0.6 is 0 Å². The van der Waals surface area contributed by atoms with Crippen LogP contribution in [-0.4, -0.2) is 29.7 Å². The highest BCUT2D eigenvalue weighted by molar-refractivity contribution is 5.15. The minimum Gasteiger partial charge on any atom is -0.396 e. The molecule has 1 aromatic carbocycles. The lowest BCUT2D eigenvalue weighted by molar-refractivity contribution is 0.240. The minimum atomic E-state index is 0.371. The molecule has 2 heteroatoms. The topological polar surface area (TPSA) is 23.5 Å². The van der Waals surface area contributed by atoms with Gasteiger partial charge in [0.25, 0.3) is 0 Å². The fourth-order valence-electron chi connectivity index (χ4n) is 3.28. The average molecular weight is 217 g/mol. The molecule has 2 aliphatic rings. The van der Waals surface area contributed by atoms with Gasteiger partial charge in [-0.1, -0.05) is 30.3 Å². The first-order valence-electron chi connectivity index (χ1n) is 6.25. The first-order valence-corrected chi connectivity index (χ1v) is 6.25. The fraction of sp³-hybridized carbons (Fsp3) is 0.571. The van der Waals surface area contributed by atoms with E-state index < -0.39 is 0 Å². The van der Waals surface area contributed by atoms with E-state index in [-0.39, 0.29) is 0 Å². The molecule has 2 fully saturated rings. The summed E-state index contributed by atoms with van der Waals surface area (Å²) in [5.41, 5.74) is 1.42. The van der Waals surface area contributed by atoms with Gasteiger partial charge in [0.2, 0.25) is 0 Å². The van der Waals surface area contributed by atoms with E-state index in [9.17, 15) is 0 Å². The normalized spacial score (nSPS) is 32.7. The summed E-state index contributed by atoms with van der Waals surface area (Å²) in [6.45, 7) is 3.95. The van der Waals surface area contributed by atoms with Crippen LogP contribution < -0.4 is 0 Å². The molecular weight excluding hydrogens is 198 g/mol. The second-order valence-corrected chi connectivity index (χ2v) is 5.18. The van der Waals surface area contributed by atoms with Crippen LogP contribution in [0.1, 0.15) is 12.0 Å². The van der Waals surface area contributed by atoms with E-state index in [0.29, 0.717) is 6.61 Å². The zero-order valence-corrected chi connectivity index (χ0v) is 9.55. The number of aliphatic hydroxyl groups excluding tert-OH is 1. The number of aliphatic hydroxyl groups is 1. The molecule has 1 aliphatic heterocycles. The van der Waals surface area contributed by atoms with Crippen molar-refractivity contribution in [2.75, 3.05) is 19.7 Å². The summed E-state index contributed by atoms with van der Waals surface area (Å²) in [4.78, 5) is 2.55. The molecule has 86 valence electrons. The maximum atomic E-state index is 8.92. The van der Waals surface area contributed by atoms with Gasteiger partial charge in [-0.25, -0.2) is 0 Å². The van der Waals surface area contributed by atoms with Crippen molar-refractivity contribution in [2.24, 2.45) is 17.8 Å². The van der Waals surface area contributed by atoms with Crippen LogP contribution in [0.15, 0.2) is 30.3 Å². The Morgan fingerprint density at radius 1 is 1.12 bits per heavy atom. The highest BCUT2D eigenvalue weighted by Gasteiger charge is 2.54. The van der Waals surface area contributed by atoms with Gasteiger partial charge in [-0.15, -0.1) is 0 Å². The van der Waals surface area contributed by atoms with Crippen molar-refractivity contribution >= 4 is 0 Å². The molecule has 1 saturated carbocycles. The Morgan fingerprint density at radius 2 is 1.81 bits per heavy atom. The fourth-order valence-corrected chi connectivity index (χ4v) is 3.28. The highest BCUT2D eigenvalue weighted by atomic mass is 16.3. The monoisotopic (exact) mass is 217 g/mol. The van der Waals surface area contributed by atoms with Gasteiger partial charge in [0.05, 0.1) is 0 Å². The van der Waals surface area contributed by atoms with Crippen LogP contribution in [0.4, 0.5) is 0 Å². The Morgan fingerprint density at radius 3 is 2.44 bits per heavy atom. The third-order valence-corrected chi connectivity index (χ3v) is 4.16. The molecule has 1 saturated heterocycles. The molecule has 1 N–H and O–H groups in total. The van der Waals surface area contributed by atoms with Crippen molar-refractivity contribution in [2.45, 2.75) is 13.0 Å². The Hall–Kier alpha value is -0.860. The highest BCUT2D eigenvalue weighted by Crippen LogP contribution is 2.53. The number of fused-ring (bicyclic) bond motifs is 1. The van der Waals surface area contributed by atoms with Crippen LogP contribution in [0.25, 0.3) is 0 Å². The lowest BCUT2D eigenvalue weighted by Crippen LogP contribution is -2.24. The number of nitrogens with zero attached hydrogens (tertiary/aromatic N) is 1. The summed E-state index contributed by atoms with van der Waals surface area (Å²) in [6.07, 6.45) is 1.02. The quantitative estimate of drug-likeness (QED) is 0.830. The van der Waals surface area contributed by atoms with E-state index in [2.05, 4.69) is 35.2 Å². The van der Waals surface area contributed by atoms with Crippen LogP contribution in [0.3, 0.4) is 0 Å². The maximum Gasteiger partial charge on any atom is 0.0433 e. The standard InChI is InChI=1S/C14H19NO/c16-7-6-12-13-9-15(10-14(12)13)8-11-4-2-1-3-5-11/h1-5,12-14,16H,6-10H2/t12-,13-,14+. The zero-order valence-electron chi connectivity index (χ0n) is 9.55. The number of benzene rings is 1. The predicted octanol–water partition coefficient (Wildman–Crippen LogP) is 1.75. The number of hydrogen-bond donors (Lipinski definition) is 1. The predicted molar refractivity (Wildman–Crippen MR) is 63.9 cm³/mol. The second-order valence-electron chi connectivity index (χ2n) is 5.18. The van der Waals surface area contributed by atoms with Crippen LogP contribution in [-0.2, 0) is 6.54 Å². The Balaban J connectivity index is 1.51. The van der Waals surface area contributed by atoms with Crippen LogP contribution in [0.5, 0.6) is 0 Å². The minimum absolute atomic E-state index is 0.371. The summed E-state index contributed by atoms with van der Waals surface area (Å²) in [5.74, 6) is 2.60. The van der Waals surface area contributed by atoms with Crippen molar-refractivity contribution < 1.29 is 5.11 Å². The molecule has 1 aliphatic carbocycles. The molecule has 0 amide bonds. The molecule has 3 atom stereocenters. The molecule has 0 spiro atoms. The molecule has 0 bridgehead atoms. The second kappa shape index (κ2) is 4.19. The van der Waals surface area contributed by atoms with E-state index in [0.717, 1.165) is 30.7 Å². The SMILES string of the molecule is OCC[C@@H]1[C@H]2CN(Cc3ccccc3)C[C@@H]12. The summed E-state index contributed by atoms with van der Waals surface area (Å²) < 4.78 is 0. The largest absolute Gasteiger partial charge is 0.396 e. The van der Waals surface area contributed by atoms with Crippen molar-refractivity contribution in [1.29, 1.82) is 0 Å². The van der Waals surface area contributed by atoms with Gasteiger partial charge in [-0.05, 0) is 29.7 Å². The van der Waals surface area contributed by atoms with Crippen molar-refractivity contribution in [3.05, 3.63) is 35.9 Å². The Kier molecular flexibility index (Phi) is 2.70. The van der Waals surface area contributed by atoms with E-state index in [1.165, 1.54) is 18.7 Å². The molecule has 2 nitrogen and oxygen atoms in total. The van der Waals surface area contributed by atoms with Gasteiger partial charge in [-0.2, -0.15) is 0 Å². The summed E-state index contributed by atoms with van der Waals surface area (Å²) >= 11 is 0. The van der Waals surface area contributed by atoms with E-state index in [4.69, 9.17) is 5.11 Å². The Labute approximate surface area is 96.9 Å². The van der Waals surface area contributed by atoms with E-state index in [1.54, 1.807) is 0 Å². The zero-order chi connectivity index (χ0) is 11.0. The third-order valence-electron chi connectivity index (χ3n) is 4.16. The average Bonchev–Trinajstić information content (AvgIpc) is 2.76. The lowest BCUT2D eigenvalue weighted by Gasteiger charge is -2.19. The Bertz CT molecular complexity index is 339. The molecule has 0 unspecified atom stereocenters.